The normalized spacial score (nSPS) is 28.3. The maximum absolute atomic E-state index is 8.99. The summed E-state index contributed by atoms with van der Waals surface area (Å²) in [7, 11) is 0. The van der Waals surface area contributed by atoms with Gasteiger partial charge in [0.2, 0.25) is 0 Å². The van der Waals surface area contributed by atoms with Crippen LogP contribution in [-0.2, 0) is 0 Å². The van der Waals surface area contributed by atoms with Gasteiger partial charge in [0.15, 0.2) is 0 Å². The van der Waals surface area contributed by atoms with Crippen LogP contribution in [0, 0.1) is 17.2 Å². The van der Waals surface area contributed by atoms with Gasteiger partial charge in [-0.2, -0.15) is 5.26 Å². The van der Waals surface area contributed by atoms with Gasteiger partial charge in [-0.25, -0.2) is 0 Å². The van der Waals surface area contributed by atoms with Crippen LogP contribution in [0.3, 0.4) is 0 Å². The van der Waals surface area contributed by atoms with Crippen LogP contribution < -0.4 is 0 Å². The van der Waals surface area contributed by atoms with Gasteiger partial charge in [0.05, 0.1) is 12.0 Å². The Kier molecular flexibility index (Phi) is 3.74. The van der Waals surface area contributed by atoms with E-state index < -0.39 is 0 Å². The molecule has 1 saturated carbocycles. The Hall–Kier alpha value is -0.550. The molecule has 0 radical (unpaired) electrons. The molecule has 1 aliphatic carbocycles. The molecule has 13 heavy (non-hydrogen) atoms. The van der Waals surface area contributed by atoms with Gasteiger partial charge in [0.25, 0.3) is 0 Å². The Balaban J connectivity index is 2.63. The number of nitrogens with zero attached hydrogens (tertiary/aromatic N) is 2. The standard InChI is InChI=1S/C11H20N2/c1-4-13(9(2)3)11-7-5-6-10(11)8-12/h9-11H,4-7H2,1-3H3. The lowest BCUT2D eigenvalue weighted by molar-refractivity contribution is 0.146. The zero-order chi connectivity index (χ0) is 9.84. The van der Waals surface area contributed by atoms with Crippen LogP contribution in [0.5, 0.6) is 0 Å². The van der Waals surface area contributed by atoms with Crippen molar-refractivity contribution >= 4 is 0 Å². The zero-order valence-electron chi connectivity index (χ0n) is 8.95. The van der Waals surface area contributed by atoms with E-state index in [1.54, 1.807) is 0 Å². The van der Waals surface area contributed by atoms with Crippen LogP contribution in [0.25, 0.3) is 0 Å². The van der Waals surface area contributed by atoms with E-state index in [9.17, 15) is 0 Å². The van der Waals surface area contributed by atoms with Crippen molar-refractivity contribution in [3.8, 4) is 6.07 Å². The molecule has 0 aliphatic heterocycles. The van der Waals surface area contributed by atoms with E-state index in [1.807, 2.05) is 0 Å². The Labute approximate surface area is 81.5 Å². The van der Waals surface area contributed by atoms with Crippen molar-refractivity contribution in [2.45, 2.75) is 52.1 Å². The largest absolute Gasteiger partial charge is 0.297 e. The molecule has 0 heterocycles. The Morgan fingerprint density at radius 2 is 2.15 bits per heavy atom. The van der Waals surface area contributed by atoms with E-state index in [-0.39, 0.29) is 5.92 Å². The van der Waals surface area contributed by atoms with Gasteiger partial charge in [0.1, 0.15) is 0 Å². The molecule has 0 saturated heterocycles. The second kappa shape index (κ2) is 4.62. The summed E-state index contributed by atoms with van der Waals surface area (Å²) in [6.07, 6.45) is 3.54. The summed E-state index contributed by atoms with van der Waals surface area (Å²) in [6.45, 7) is 7.69. The third kappa shape index (κ3) is 2.22. The first kappa shape index (κ1) is 10.5. The second-order valence-corrected chi connectivity index (χ2v) is 4.16. The number of nitriles is 1. The quantitative estimate of drug-likeness (QED) is 0.667. The molecule has 1 fully saturated rings. The van der Waals surface area contributed by atoms with E-state index in [1.165, 1.54) is 12.8 Å². The van der Waals surface area contributed by atoms with Crippen LogP contribution in [-0.4, -0.2) is 23.5 Å². The van der Waals surface area contributed by atoms with Crippen molar-refractivity contribution in [3.05, 3.63) is 0 Å². The Bertz CT molecular complexity index is 193. The molecule has 1 rings (SSSR count). The number of rotatable bonds is 3. The Morgan fingerprint density at radius 1 is 1.46 bits per heavy atom. The average molecular weight is 180 g/mol. The highest BCUT2D eigenvalue weighted by atomic mass is 15.2. The van der Waals surface area contributed by atoms with Crippen LogP contribution in [0.15, 0.2) is 0 Å². The van der Waals surface area contributed by atoms with E-state index in [4.69, 9.17) is 5.26 Å². The first-order valence-corrected chi connectivity index (χ1v) is 5.36. The van der Waals surface area contributed by atoms with Crippen molar-refractivity contribution in [1.82, 2.24) is 4.90 Å². The van der Waals surface area contributed by atoms with Crippen LogP contribution in [0.4, 0.5) is 0 Å². The minimum atomic E-state index is 0.280. The molecular formula is C11H20N2. The zero-order valence-corrected chi connectivity index (χ0v) is 8.95. The molecule has 2 nitrogen and oxygen atoms in total. The maximum atomic E-state index is 8.99. The molecule has 2 atom stereocenters. The minimum absolute atomic E-state index is 0.280. The summed E-state index contributed by atoms with van der Waals surface area (Å²) < 4.78 is 0. The highest BCUT2D eigenvalue weighted by Gasteiger charge is 2.32. The Morgan fingerprint density at radius 3 is 2.62 bits per heavy atom. The molecule has 0 N–H and O–H groups in total. The monoisotopic (exact) mass is 180 g/mol. The first-order valence-electron chi connectivity index (χ1n) is 5.36. The van der Waals surface area contributed by atoms with Crippen molar-refractivity contribution in [1.29, 1.82) is 5.26 Å². The lowest BCUT2D eigenvalue weighted by atomic mass is 10.0. The van der Waals surface area contributed by atoms with Gasteiger partial charge in [-0.15, -0.1) is 0 Å². The predicted molar refractivity (Wildman–Crippen MR) is 54.3 cm³/mol. The fourth-order valence-corrected chi connectivity index (χ4v) is 2.47. The molecule has 0 aromatic rings. The van der Waals surface area contributed by atoms with E-state index in [0.717, 1.165) is 13.0 Å². The van der Waals surface area contributed by atoms with Crippen LogP contribution >= 0.6 is 0 Å². The highest BCUT2D eigenvalue weighted by molar-refractivity contribution is 4.97. The van der Waals surface area contributed by atoms with Crippen LogP contribution in [0.2, 0.25) is 0 Å². The molecule has 0 bridgehead atoms. The highest BCUT2D eigenvalue weighted by Crippen LogP contribution is 2.30. The van der Waals surface area contributed by atoms with Gasteiger partial charge >= 0.3 is 0 Å². The third-order valence-electron chi connectivity index (χ3n) is 3.10. The fraction of sp³-hybridized carbons (Fsp3) is 0.909. The SMILES string of the molecule is CCN(C(C)C)C1CCCC1C#N. The summed E-state index contributed by atoms with van der Waals surface area (Å²) in [5.41, 5.74) is 0. The molecule has 2 heteroatoms. The van der Waals surface area contributed by atoms with E-state index in [2.05, 4.69) is 31.7 Å². The van der Waals surface area contributed by atoms with Gasteiger partial charge in [-0.3, -0.25) is 4.90 Å². The summed E-state index contributed by atoms with van der Waals surface area (Å²) in [6, 6.07) is 3.54. The van der Waals surface area contributed by atoms with Crippen molar-refractivity contribution in [2.75, 3.05) is 6.54 Å². The summed E-state index contributed by atoms with van der Waals surface area (Å²) in [5, 5.41) is 8.99. The molecule has 0 spiro atoms. The topological polar surface area (TPSA) is 27.0 Å². The first-order chi connectivity index (χ1) is 6.20. The molecule has 1 aliphatic rings. The van der Waals surface area contributed by atoms with Gasteiger partial charge in [-0.05, 0) is 33.2 Å². The molecule has 74 valence electrons. The molecule has 0 aromatic heterocycles. The van der Waals surface area contributed by atoms with E-state index >= 15 is 0 Å². The second-order valence-electron chi connectivity index (χ2n) is 4.16. The van der Waals surface area contributed by atoms with Crippen molar-refractivity contribution < 1.29 is 0 Å². The van der Waals surface area contributed by atoms with Gasteiger partial charge < -0.3 is 0 Å². The summed E-state index contributed by atoms with van der Waals surface area (Å²) in [4.78, 5) is 2.46. The summed E-state index contributed by atoms with van der Waals surface area (Å²) >= 11 is 0. The molecule has 2 unspecified atom stereocenters. The molecule has 0 amide bonds. The van der Waals surface area contributed by atoms with Gasteiger partial charge in [-0.1, -0.05) is 13.3 Å². The predicted octanol–water partition coefficient (Wildman–Crippen LogP) is 2.41. The molecule has 0 aromatic carbocycles. The number of hydrogen-bond acceptors (Lipinski definition) is 2. The van der Waals surface area contributed by atoms with Crippen molar-refractivity contribution in [3.63, 3.8) is 0 Å². The molecular weight excluding hydrogens is 160 g/mol. The summed E-state index contributed by atoms with van der Waals surface area (Å²) in [5.74, 6) is 0.280. The fourth-order valence-electron chi connectivity index (χ4n) is 2.47. The maximum Gasteiger partial charge on any atom is 0.0672 e. The average Bonchev–Trinajstić information content (AvgIpc) is 2.53. The third-order valence-corrected chi connectivity index (χ3v) is 3.10. The smallest absolute Gasteiger partial charge is 0.0672 e. The van der Waals surface area contributed by atoms with Gasteiger partial charge in [0, 0.05) is 12.1 Å². The van der Waals surface area contributed by atoms with Crippen LogP contribution in [0.1, 0.15) is 40.0 Å². The van der Waals surface area contributed by atoms with Crippen molar-refractivity contribution in [2.24, 2.45) is 5.92 Å². The van der Waals surface area contributed by atoms with E-state index in [0.29, 0.717) is 12.1 Å². The lowest BCUT2D eigenvalue weighted by Gasteiger charge is -2.33. The lowest BCUT2D eigenvalue weighted by Crippen LogP contribution is -2.41. The minimum Gasteiger partial charge on any atom is -0.297 e. The number of hydrogen-bond donors (Lipinski definition) is 0.